The van der Waals surface area contributed by atoms with Crippen molar-refractivity contribution in [1.29, 1.82) is 0 Å². The number of benzene rings is 1. The normalized spacial score (nSPS) is 11.5. The molecule has 120 valence electrons. The van der Waals surface area contributed by atoms with Crippen molar-refractivity contribution < 1.29 is 19.8 Å². The van der Waals surface area contributed by atoms with Gasteiger partial charge < -0.3 is 20.8 Å². The summed E-state index contributed by atoms with van der Waals surface area (Å²) in [6.45, 7) is 0. The molecule has 0 amide bonds. The van der Waals surface area contributed by atoms with E-state index in [2.05, 4.69) is 10.6 Å². The first-order chi connectivity index (χ1) is 10.5. The first kappa shape index (κ1) is 17.9. The molecule has 1 rings (SSSR count). The zero-order valence-electron chi connectivity index (χ0n) is 12.1. The Labute approximate surface area is 134 Å². The topological polar surface area (TPSA) is 98.7 Å². The third-order valence-electron chi connectivity index (χ3n) is 3.02. The Balaban J connectivity index is 2.35. The molecule has 0 aliphatic carbocycles. The van der Waals surface area contributed by atoms with E-state index in [9.17, 15) is 14.7 Å². The van der Waals surface area contributed by atoms with Crippen LogP contribution in [0.3, 0.4) is 0 Å². The van der Waals surface area contributed by atoms with Crippen molar-refractivity contribution >= 4 is 35.0 Å². The van der Waals surface area contributed by atoms with Crippen LogP contribution in [-0.2, 0) is 9.59 Å². The fraction of sp³-hybridized carbons (Fsp3) is 0.400. The van der Waals surface area contributed by atoms with Crippen LogP contribution in [0.2, 0.25) is 0 Å². The number of hydrogen-bond acceptors (Lipinski definition) is 3. The maximum absolute atomic E-state index is 11.2. The lowest BCUT2D eigenvalue weighted by molar-refractivity contribution is -0.139. The molecule has 4 N–H and O–H groups in total. The molecule has 6 nitrogen and oxygen atoms in total. The SMILES string of the molecule is O=C(O)CCCCC[C@H](NC(=S)Nc1ccccc1)C(=O)O. The lowest BCUT2D eigenvalue weighted by atomic mass is 10.1. The maximum atomic E-state index is 11.2. The number of para-hydroxylation sites is 1. The molecule has 0 heterocycles. The molecule has 22 heavy (non-hydrogen) atoms. The van der Waals surface area contributed by atoms with Crippen LogP contribution in [0.25, 0.3) is 0 Å². The van der Waals surface area contributed by atoms with Crippen LogP contribution in [0.15, 0.2) is 30.3 Å². The minimum atomic E-state index is -0.976. The van der Waals surface area contributed by atoms with Crippen molar-refractivity contribution in [3.63, 3.8) is 0 Å². The van der Waals surface area contributed by atoms with Crippen molar-refractivity contribution in [2.24, 2.45) is 0 Å². The molecule has 0 saturated carbocycles. The quantitative estimate of drug-likeness (QED) is 0.409. The Kier molecular flexibility index (Phi) is 7.91. The average Bonchev–Trinajstić information content (AvgIpc) is 2.46. The highest BCUT2D eigenvalue weighted by atomic mass is 32.1. The Morgan fingerprint density at radius 1 is 1.09 bits per heavy atom. The summed E-state index contributed by atoms with van der Waals surface area (Å²) in [6.07, 6.45) is 2.36. The van der Waals surface area contributed by atoms with Gasteiger partial charge in [-0.1, -0.05) is 31.0 Å². The van der Waals surface area contributed by atoms with E-state index in [-0.39, 0.29) is 11.5 Å². The number of nitrogens with one attached hydrogen (secondary N) is 2. The second-order valence-electron chi connectivity index (χ2n) is 4.85. The minimum absolute atomic E-state index is 0.110. The molecule has 0 spiro atoms. The second-order valence-corrected chi connectivity index (χ2v) is 5.26. The minimum Gasteiger partial charge on any atom is -0.481 e. The van der Waals surface area contributed by atoms with Crippen LogP contribution in [0, 0.1) is 0 Å². The number of thiocarbonyl (C=S) groups is 1. The van der Waals surface area contributed by atoms with Gasteiger partial charge in [0.25, 0.3) is 0 Å². The molecular formula is C15H20N2O4S. The Morgan fingerprint density at radius 3 is 2.36 bits per heavy atom. The fourth-order valence-corrected chi connectivity index (χ4v) is 2.17. The third kappa shape index (κ3) is 7.58. The number of anilines is 1. The van der Waals surface area contributed by atoms with Crippen LogP contribution in [0.1, 0.15) is 32.1 Å². The highest BCUT2D eigenvalue weighted by Gasteiger charge is 2.17. The van der Waals surface area contributed by atoms with Gasteiger partial charge in [0.2, 0.25) is 0 Å². The summed E-state index contributed by atoms with van der Waals surface area (Å²) < 4.78 is 0. The average molecular weight is 324 g/mol. The van der Waals surface area contributed by atoms with Crippen LogP contribution in [-0.4, -0.2) is 33.3 Å². The monoisotopic (exact) mass is 324 g/mol. The van der Waals surface area contributed by atoms with Gasteiger partial charge in [0.15, 0.2) is 5.11 Å². The van der Waals surface area contributed by atoms with Gasteiger partial charge in [0, 0.05) is 12.1 Å². The number of unbranched alkanes of at least 4 members (excludes halogenated alkanes) is 2. The molecule has 1 aromatic rings. The summed E-state index contributed by atoms with van der Waals surface area (Å²) in [6, 6.07) is 8.45. The van der Waals surface area contributed by atoms with Crippen LogP contribution in [0.5, 0.6) is 0 Å². The Hall–Kier alpha value is -2.15. The molecule has 0 radical (unpaired) electrons. The summed E-state index contributed by atoms with van der Waals surface area (Å²) >= 11 is 5.10. The van der Waals surface area contributed by atoms with E-state index in [0.29, 0.717) is 25.7 Å². The predicted octanol–water partition coefficient (Wildman–Crippen LogP) is 2.46. The van der Waals surface area contributed by atoms with E-state index in [4.69, 9.17) is 17.3 Å². The summed E-state index contributed by atoms with van der Waals surface area (Å²) in [4.78, 5) is 21.6. The lowest BCUT2D eigenvalue weighted by Gasteiger charge is -2.17. The van der Waals surface area contributed by atoms with Gasteiger partial charge in [-0.25, -0.2) is 4.79 Å². The lowest BCUT2D eigenvalue weighted by Crippen LogP contribution is -2.42. The van der Waals surface area contributed by atoms with E-state index in [1.54, 1.807) is 0 Å². The number of aliphatic carboxylic acids is 2. The van der Waals surface area contributed by atoms with Crippen LogP contribution < -0.4 is 10.6 Å². The molecule has 0 bridgehead atoms. The third-order valence-corrected chi connectivity index (χ3v) is 3.24. The molecule has 1 aromatic carbocycles. The first-order valence-electron chi connectivity index (χ1n) is 7.06. The smallest absolute Gasteiger partial charge is 0.326 e. The van der Waals surface area contributed by atoms with Gasteiger partial charge in [0.1, 0.15) is 6.04 Å². The highest BCUT2D eigenvalue weighted by molar-refractivity contribution is 7.80. The standard InChI is InChI=1S/C15H20N2O4S/c18-13(19)10-6-2-5-9-12(14(20)21)17-15(22)16-11-7-3-1-4-8-11/h1,3-4,7-8,12H,2,5-6,9-10H2,(H,18,19)(H,20,21)(H2,16,17,22)/t12-/m0/s1. The molecular weight excluding hydrogens is 304 g/mol. The van der Waals surface area contributed by atoms with Crippen LogP contribution >= 0.6 is 12.2 Å². The van der Waals surface area contributed by atoms with E-state index < -0.39 is 18.0 Å². The molecule has 0 aliphatic rings. The largest absolute Gasteiger partial charge is 0.481 e. The zero-order chi connectivity index (χ0) is 16.4. The van der Waals surface area contributed by atoms with E-state index in [0.717, 1.165) is 5.69 Å². The molecule has 1 atom stereocenters. The van der Waals surface area contributed by atoms with E-state index >= 15 is 0 Å². The molecule has 0 saturated heterocycles. The molecule has 7 heteroatoms. The number of carboxylic acids is 2. The summed E-state index contributed by atoms with van der Waals surface area (Å²) in [5.41, 5.74) is 0.783. The first-order valence-corrected chi connectivity index (χ1v) is 7.47. The number of carbonyl (C=O) groups is 2. The number of hydrogen-bond donors (Lipinski definition) is 4. The second kappa shape index (κ2) is 9.73. The van der Waals surface area contributed by atoms with E-state index in [1.807, 2.05) is 30.3 Å². The van der Waals surface area contributed by atoms with E-state index in [1.165, 1.54) is 0 Å². The fourth-order valence-electron chi connectivity index (χ4n) is 1.91. The summed E-state index contributed by atoms with van der Waals surface area (Å²) in [7, 11) is 0. The van der Waals surface area contributed by atoms with Gasteiger partial charge in [-0.3, -0.25) is 4.79 Å². The molecule has 0 fully saturated rings. The van der Waals surface area contributed by atoms with Crippen molar-refractivity contribution in [1.82, 2.24) is 5.32 Å². The Morgan fingerprint density at radius 2 is 1.77 bits per heavy atom. The van der Waals surface area contributed by atoms with Gasteiger partial charge in [-0.05, 0) is 37.2 Å². The van der Waals surface area contributed by atoms with Crippen LogP contribution in [0.4, 0.5) is 5.69 Å². The zero-order valence-corrected chi connectivity index (χ0v) is 12.9. The summed E-state index contributed by atoms with van der Waals surface area (Å²) in [5, 5.41) is 23.7. The van der Waals surface area contributed by atoms with Crippen molar-refractivity contribution in [3.8, 4) is 0 Å². The van der Waals surface area contributed by atoms with Gasteiger partial charge in [0.05, 0.1) is 0 Å². The number of rotatable bonds is 9. The molecule has 0 aliphatic heterocycles. The molecule has 0 unspecified atom stereocenters. The Bertz CT molecular complexity index is 508. The van der Waals surface area contributed by atoms with Gasteiger partial charge >= 0.3 is 11.9 Å². The number of carboxylic acid groups (broad SMARTS) is 2. The molecule has 0 aromatic heterocycles. The van der Waals surface area contributed by atoms with Crippen molar-refractivity contribution in [3.05, 3.63) is 30.3 Å². The van der Waals surface area contributed by atoms with Gasteiger partial charge in [-0.2, -0.15) is 0 Å². The van der Waals surface area contributed by atoms with Crippen molar-refractivity contribution in [2.75, 3.05) is 5.32 Å². The maximum Gasteiger partial charge on any atom is 0.326 e. The summed E-state index contributed by atoms with van der Waals surface area (Å²) in [5.74, 6) is -1.81. The van der Waals surface area contributed by atoms with Gasteiger partial charge in [-0.15, -0.1) is 0 Å². The highest BCUT2D eigenvalue weighted by Crippen LogP contribution is 2.08. The van der Waals surface area contributed by atoms with Crippen molar-refractivity contribution in [2.45, 2.75) is 38.1 Å². The predicted molar refractivity (Wildman–Crippen MR) is 87.9 cm³/mol.